The minimum atomic E-state index is -1.01. The molecular formula is C21H22N6O6. The molecule has 1 aromatic carbocycles. The number of primary amides is 1. The first-order chi connectivity index (χ1) is 15.8. The summed E-state index contributed by atoms with van der Waals surface area (Å²) in [5.41, 5.74) is 5.24. The molecule has 2 aromatic rings. The quantitative estimate of drug-likeness (QED) is 0.295. The van der Waals surface area contributed by atoms with Gasteiger partial charge >= 0.3 is 6.09 Å². The maximum absolute atomic E-state index is 12.4. The SMILES string of the molecule is CO[C@@]12[C@H](COC(N)=O)c3c(O)c(N=NC(=O)c4cccnc4)c(C)c(O)c3N1C[C@@H]1N[C@@H]12. The van der Waals surface area contributed by atoms with Crippen LogP contribution in [0.5, 0.6) is 11.5 Å². The molecule has 33 heavy (non-hydrogen) atoms. The predicted octanol–water partition coefficient (Wildman–Crippen LogP) is 1.42. The van der Waals surface area contributed by atoms with Gasteiger partial charge in [0.1, 0.15) is 23.8 Å². The molecule has 0 unspecified atom stereocenters. The van der Waals surface area contributed by atoms with Crippen LogP contribution in [0, 0.1) is 6.92 Å². The van der Waals surface area contributed by atoms with Crippen molar-refractivity contribution in [3.05, 3.63) is 41.2 Å². The fraction of sp³-hybridized carbons (Fsp3) is 0.381. The number of phenols is 2. The first-order valence-corrected chi connectivity index (χ1v) is 10.3. The number of azo groups is 1. The third-order valence-electron chi connectivity index (χ3n) is 6.59. The van der Waals surface area contributed by atoms with Crippen LogP contribution in [-0.2, 0) is 9.47 Å². The van der Waals surface area contributed by atoms with E-state index in [2.05, 4.69) is 20.5 Å². The van der Waals surface area contributed by atoms with Crippen LogP contribution in [0.4, 0.5) is 16.2 Å². The number of aromatic nitrogens is 1. The van der Waals surface area contributed by atoms with E-state index < -0.39 is 23.6 Å². The van der Waals surface area contributed by atoms with Crippen molar-refractivity contribution < 1.29 is 29.3 Å². The fourth-order valence-corrected chi connectivity index (χ4v) is 5.08. The number of fused-ring (bicyclic) bond motifs is 5. The second-order valence-corrected chi connectivity index (χ2v) is 8.18. The molecule has 0 aliphatic carbocycles. The van der Waals surface area contributed by atoms with Crippen LogP contribution in [-0.4, -0.2) is 65.3 Å². The lowest BCUT2D eigenvalue weighted by atomic mass is 9.88. The third-order valence-corrected chi connectivity index (χ3v) is 6.59. The summed E-state index contributed by atoms with van der Waals surface area (Å²) in [6.07, 6.45) is 1.90. The van der Waals surface area contributed by atoms with Gasteiger partial charge in [-0.05, 0) is 19.1 Å². The van der Waals surface area contributed by atoms with Gasteiger partial charge in [-0.25, -0.2) is 4.79 Å². The Balaban J connectivity index is 1.61. The normalized spacial score (nSPS) is 26.7. The smallest absolute Gasteiger partial charge is 0.404 e. The number of ether oxygens (including phenoxy) is 2. The van der Waals surface area contributed by atoms with E-state index in [1.54, 1.807) is 13.0 Å². The van der Waals surface area contributed by atoms with Crippen LogP contribution < -0.4 is 16.0 Å². The summed E-state index contributed by atoms with van der Waals surface area (Å²) >= 11 is 0. The highest BCUT2D eigenvalue weighted by atomic mass is 16.6. The van der Waals surface area contributed by atoms with Gasteiger partial charge in [0.05, 0.1) is 23.2 Å². The molecule has 1 aromatic heterocycles. The second kappa shape index (κ2) is 7.39. The number of benzene rings is 1. The molecule has 0 spiro atoms. The standard InChI is InChI=1S/C21H22N6O6/c1-9-14(25-26-19(30)10-4-3-5-23-6-10)17(29)13-11(8-33-20(22)31)21(32-2)18-12(24-18)7-27(21)15(13)16(9)28/h3-6,11-12,18,24,28-29H,7-8H2,1-2H3,(H2,22,31)/t11-,12+,18+,21-/m1/s1. The molecule has 2 fully saturated rings. The number of hydrogen-bond acceptors (Lipinski definition) is 10. The number of carbonyl (C=O) groups is 2. The van der Waals surface area contributed by atoms with Crippen molar-refractivity contribution >= 4 is 23.4 Å². The van der Waals surface area contributed by atoms with E-state index in [1.165, 1.54) is 25.6 Å². The molecule has 3 aliphatic rings. The van der Waals surface area contributed by atoms with E-state index in [0.29, 0.717) is 12.2 Å². The monoisotopic (exact) mass is 454 g/mol. The van der Waals surface area contributed by atoms with Gasteiger partial charge < -0.3 is 35.6 Å². The van der Waals surface area contributed by atoms with Gasteiger partial charge in [-0.2, -0.15) is 0 Å². The molecule has 0 saturated carbocycles. The number of hydrogen-bond donors (Lipinski definition) is 4. The molecule has 4 atom stereocenters. The lowest BCUT2D eigenvalue weighted by Gasteiger charge is -2.38. The van der Waals surface area contributed by atoms with Gasteiger partial charge in [-0.1, -0.05) is 0 Å². The van der Waals surface area contributed by atoms with Crippen molar-refractivity contribution in [3.63, 3.8) is 0 Å². The zero-order chi connectivity index (χ0) is 23.5. The Labute approximate surface area is 188 Å². The van der Waals surface area contributed by atoms with Crippen LogP contribution in [0.2, 0.25) is 0 Å². The molecule has 4 heterocycles. The number of carbonyl (C=O) groups excluding carboxylic acids is 2. The van der Waals surface area contributed by atoms with Crippen molar-refractivity contribution in [3.8, 4) is 11.5 Å². The van der Waals surface area contributed by atoms with E-state index in [0.717, 1.165) is 0 Å². The van der Waals surface area contributed by atoms with Crippen molar-refractivity contribution in [2.24, 2.45) is 16.0 Å². The largest absolute Gasteiger partial charge is 0.505 e. The zero-order valence-electron chi connectivity index (χ0n) is 17.8. The lowest BCUT2D eigenvalue weighted by Crippen LogP contribution is -2.54. The fourth-order valence-electron chi connectivity index (χ4n) is 5.08. The Bertz CT molecular complexity index is 1190. The van der Waals surface area contributed by atoms with Crippen molar-refractivity contribution in [1.29, 1.82) is 0 Å². The average molecular weight is 454 g/mol. The minimum Gasteiger partial charge on any atom is -0.505 e. The number of amides is 2. The maximum Gasteiger partial charge on any atom is 0.404 e. The zero-order valence-corrected chi connectivity index (χ0v) is 17.8. The second-order valence-electron chi connectivity index (χ2n) is 8.18. The molecule has 172 valence electrons. The lowest BCUT2D eigenvalue weighted by molar-refractivity contribution is -0.0337. The summed E-state index contributed by atoms with van der Waals surface area (Å²) in [6, 6.07) is 3.15. The summed E-state index contributed by atoms with van der Waals surface area (Å²) in [7, 11) is 1.52. The van der Waals surface area contributed by atoms with Gasteiger partial charge in [-0.15, -0.1) is 10.2 Å². The summed E-state index contributed by atoms with van der Waals surface area (Å²) in [5.74, 6) is -1.77. The van der Waals surface area contributed by atoms with E-state index >= 15 is 0 Å². The van der Waals surface area contributed by atoms with Gasteiger partial charge in [0.25, 0.3) is 5.91 Å². The number of phenolic OH excluding ortho intramolecular Hbond substituents is 2. The van der Waals surface area contributed by atoms with Crippen LogP contribution in [0.25, 0.3) is 0 Å². The predicted molar refractivity (Wildman–Crippen MR) is 114 cm³/mol. The highest BCUT2D eigenvalue weighted by molar-refractivity contribution is 5.94. The molecule has 2 saturated heterocycles. The first-order valence-electron chi connectivity index (χ1n) is 10.3. The molecule has 12 heteroatoms. The van der Waals surface area contributed by atoms with Crippen molar-refractivity contribution in [2.45, 2.75) is 30.7 Å². The summed E-state index contributed by atoms with van der Waals surface area (Å²) < 4.78 is 11.0. The van der Waals surface area contributed by atoms with Gasteiger partial charge in [0.2, 0.25) is 0 Å². The number of methoxy groups -OCH3 is 1. The van der Waals surface area contributed by atoms with Crippen LogP contribution >= 0.6 is 0 Å². The van der Waals surface area contributed by atoms with Gasteiger partial charge in [-0.3, -0.25) is 9.78 Å². The first kappa shape index (κ1) is 21.1. The number of nitrogens with two attached hydrogens (primary N) is 1. The van der Waals surface area contributed by atoms with Crippen molar-refractivity contribution in [1.82, 2.24) is 10.3 Å². The van der Waals surface area contributed by atoms with Gasteiger partial charge in [0, 0.05) is 43.2 Å². The van der Waals surface area contributed by atoms with Gasteiger partial charge in [0.15, 0.2) is 5.72 Å². The van der Waals surface area contributed by atoms with Crippen LogP contribution in [0.15, 0.2) is 34.8 Å². The Kier molecular flexibility index (Phi) is 4.72. The number of pyridine rings is 1. The molecule has 5 rings (SSSR count). The number of rotatable bonds is 5. The highest BCUT2D eigenvalue weighted by Gasteiger charge is 2.71. The molecule has 2 amide bonds. The number of nitrogens with zero attached hydrogens (tertiary/aromatic N) is 4. The van der Waals surface area contributed by atoms with Crippen molar-refractivity contribution in [2.75, 3.05) is 25.2 Å². The Hall–Kier alpha value is -3.77. The summed E-state index contributed by atoms with van der Waals surface area (Å²) in [5, 5.41) is 33.3. The average Bonchev–Trinajstić information content (AvgIpc) is 3.42. The molecule has 12 nitrogen and oxygen atoms in total. The minimum absolute atomic E-state index is 0.0692. The Morgan fingerprint density at radius 3 is 2.85 bits per heavy atom. The molecule has 0 radical (unpaired) electrons. The van der Waals surface area contributed by atoms with E-state index in [-0.39, 0.29) is 52.6 Å². The molecule has 5 N–H and O–H groups in total. The summed E-state index contributed by atoms with van der Waals surface area (Å²) in [4.78, 5) is 29.5. The van der Waals surface area contributed by atoms with Crippen LogP contribution in [0.3, 0.4) is 0 Å². The Morgan fingerprint density at radius 2 is 2.18 bits per heavy atom. The van der Waals surface area contributed by atoms with E-state index in [9.17, 15) is 19.8 Å². The Morgan fingerprint density at radius 1 is 1.39 bits per heavy atom. The number of aromatic hydroxyl groups is 2. The molecular weight excluding hydrogens is 432 g/mol. The number of piperazine rings is 1. The van der Waals surface area contributed by atoms with Crippen LogP contribution in [0.1, 0.15) is 27.4 Å². The number of anilines is 1. The number of nitrogens with one attached hydrogen (secondary N) is 1. The topological polar surface area (TPSA) is 182 Å². The molecule has 0 bridgehead atoms. The third kappa shape index (κ3) is 2.94. The summed E-state index contributed by atoms with van der Waals surface area (Å²) in [6.45, 7) is 1.89. The van der Waals surface area contributed by atoms with E-state index in [4.69, 9.17) is 15.2 Å². The maximum atomic E-state index is 12.4. The molecule has 3 aliphatic heterocycles. The highest BCUT2D eigenvalue weighted by Crippen LogP contribution is 2.64. The van der Waals surface area contributed by atoms with E-state index in [1.807, 2.05) is 4.90 Å².